The van der Waals surface area contributed by atoms with Crippen LogP contribution in [0.1, 0.15) is 25.3 Å². The van der Waals surface area contributed by atoms with Crippen LogP contribution in [0.25, 0.3) is 10.2 Å². The first kappa shape index (κ1) is 20.3. The van der Waals surface area contributed by atoms with Crippen LogP contribution in [0.4, 0.5) is 0 Å². The summed E-state index contributed by atoms with van der Waals surface area (Å²) in [6, 6.07) is 11.9. The van der Waals surface area contributed by atoms with Gasteiger partial charge in [-0.2, -0.15) is 0 Å². The van der Waals surface area contributed by atoms with E-state index < -0.39 is 12.1 Å². The number of fused-ring (bicyclic) bond motifs is 1. The van der Waals surface area contributed by atoms with Gasteiger partial charge in [0.2, 0.25) is 0 Å². The number of thiophene rings is 1. The molecule has 0 aliphatic carbocycles. The van der Waals surface area contributed by atoms with Gasteiger partial charge < -0.3 is 10.1 Å². The molecule has 3 aromatic rings. The third-order valence-corrected chi connectivity index (χ3v) is 5.98. The van der Waals surface area contributed by atoms with Gasteiger partial charge in [0, 0.05) is 11.9 Å². The van der Waals surface area contributed by atoms with Crippen LogP contribution in [-0.4, -0.2) is 40.2 Å². The molecule has 2 heterocycles. The summed E-state index contributed by atoms with van der Waals surface area (Å²) in [6.07, 6.45) is 0.638. The summed E-state index contributed by atoms with van der Waals surface area (Å²) >= 11 is 2.80. The highest BCUT2D eigenvalue weighted by atomic mass is 32.2. The van der Waals surface area contributed by atoms with E-state index in [9.17, 15) is 9.59 Å². The average Bonchev–Trinajstić information content (AvgIpc) is 3.20. The topological polar surface area (TPSA) is 81.2 Å². The Morgan fingerprint density at radius 3 is 2.75 bits per heavy atom. The van der Waals surface area contributed by atoms with Crippen LogP contribution in [0, 0.1) is 0 Å². The Labute approximate surface area is 171 Å². The lowest BCUT2D eigenvalue weighted by Gasteiger charge is -2.16. The van der Waals surface area contributed by atoms with Gasteiger partial charge in [-0.1, -0.05) is 49.0 Å². The molecule has 28 heavy (non-hydrogen) atoms. The van der Waals surface area contributed by atoms with Crippen molar-refractivity contribution in [2.24, 2.45) is 0 Å². The van der Waals surface area contributed by atoms with Crippen LogP contribution in [0.3, 0.4) is 0 Å². The van der Waals surface area contributed by atoms with E-state index in [1.54, 1.807) is 6.92 Å². The molecule has 1 N–H and O–H groups in total. The van der Waals surface area contributed by atoms with Crippen molar-refractivity contribution >= 4 is 45.2 Å². The monoisotopic (exact) mass is 415 g/mol. The van der Waals surface area contributed by atoms with Gasteiger partial charge in [-0.25, -0.2) is 9.97 Å². The summed E-state index contributed by atoms with van der Waals surface area (Å²) in [6.45, 7) is 4.10. The molecular formula is C20H21N3O3S2. The van der Waals surface area contributed by atoms with Crippen molar-refractivity contribution in [3.63, 3.8) is 0 Å². The minimum atomic E-state index is -0.845. The first-order valence-electron chi connectivity index (χ1n) is 8.87. The van der Waals surface area contributed by atoms with E-state index in [0.717, 1.165) is 20.8 Å². The fourth-order valence-electron chi connectivity index (χ4n) is 2.59. The number of aromatic nitrogens is 2. The zero-order valence-corrected chi connectivity index (χ0v) is 17.3. The van der Waals surface area contributed by atoms with Crippen LogP contribution < -0.4 is 5.32 Å². The Kier molecular flexibility index (Phi) is 7.00. The molecule has 0 saturated carbocycles. The molecule has 2 atom stereocenters. The summed E-state index contributed by atoms with van der Waals surface area (Å²) in [5, 5.41) is 6.43. The van der Waals surface area contributed by atoms with Crippen LogP contribution >= 0.6 is 23.1 Å². The fraction of sp³-hybridized carbons (Fsp3) is 0.300. The van der Waals surface area contributed by atoms with E-state index in [1.807, 2.05) is 48.7 Å². The van der Waals surface area contributed by atoms with Crippen LogP contribution in [0.2, 0.25) is 0 Å². The number of ether oxygens (including phenoxy) is 1. The number of esters is 1. The molecule has 146 valence electrons. The maximum absolute atomic E-state index is 12.2. The SMILES string of the molecule is C[C@@H](OC(=O)CSc1ncnc2sccc12)C(=O)NC[C@H](C)c1ccccc1. The number of carbonyl (C=O) groups is 2. The first-order valence-corrected chi connectivity index (χ1v) is 10.7. The molecule has 6 nitrogen and oxygen atoms in total. The highest BCUT2D eigenvalue weighted by Crippen LogP contribution is 2.27. The number of benzene rings is 1. The highest BCUT2D eigenvalue weighted by Gasteiger charge is 2.19. The van der Waals surface area contributed by atoms with Gasteiger partial charge in [0.05, 0.1) is 5.75 Å². The predicted molar refractivity (Wildman–Crippen MR) is 112 cm³/mol. The van der Waals surface area contributed by atoms with Crippen molar-refractivity contribution < 1.29 is 14.3 Å². The number of nitrogens with one attached hydrogen (secondary N) is 1. The fourth-order valence-corrected chi connectivity index (χ4v) is 4.15. The van der Waals surface area contributed by atoms with Crippen molar-refractivity contribution in [1.29, 1.82) is 0 Å². The van der Waals surface area contributed by atoms with Gasteiger partial charge in [0.15, 0.2) is 6.10 Å². The highest BCUT2D eigenvalue weighted by molar-refractivity contribution is 8.00. The zero-order chi connectivity index (χ0) is 19.9. The minimum Gasteiger partial charge on any atom is -0.452 e. The number of carbonyl (C=O) groups excluding carboxylic acids is 2. The lowest BCUT2D eigenvalue weighted by atomic mass is 10.0. The number of amides is 1. The molecule has 0 bridgehead atoms. The third-order valence-electron chi connectivity index (χ3n) is 4.18. The Bertz CT molecular complexity index is 946. The van der Waals surface area contributed by atoms with Gasteiger partial charge in [-0.3, -0.25) is 9.59 Å². The zero-order valence-electron chi connectivity index (χ0n) is 15.6. The molecule has 0 saturated heterocycles. The van der Waals surface area contributed by atoms with Crippen LogP contribution in [0.5, 0.6) is 0 Å². The van der Waals surface area contributed by atoms with Crippen LogP contribution in [0.15, 0.2) is 53.1 Å². The minimum absolute atomic E-state index is 0.0833. The second-order valence-corrected chi connectivity index (χ2v) is 8.15. The lowest BCUT2D eigenvalue weighted by Crippen LogP contribution is -2.37. The number of hydrogen-bond acceptors (Lipinski definition) is 7. The molecule has 2 aromatic heterocycles. The van der Waals surface area contributed by atoms with Gasteiger partial charge in [-0.05, 0) is 29.9 Å². The Balaban J connectivity index is 1.44. The number of nitrogens with zero attached hydrogens (tertiary/aromatic N) is 2. The summed E-state index contributed by atoms with van der Waals surface area (Å²) in [4.78, 5) is 33.6. The standard InChI is InChI=1S/C20H21N3O3S2/c1-13(15-6-4-3-5-7-15)10-21-18(25)14(2)26-17(24)11-28-20-16-8-9-27-19(16)22-12-23-20/h3-9,12-14H,10-11H2,1-2H3,(H,21,25)/t13-,14+/m0/s1. The summed E-state index contributed by atoms with van der Waals surface area (Å²) in [7, 11) is 0. The van der Waals surface area contributed by atoms with Crippen molar-refractivity contribution in [2.45, 2.75) is 30.9 Å². The molecule has 1 aromatic carbocycles. The molecule has 8 heteroatoms. The van der Waals surface area contributed by atoms with E-state index in [2.05, 4.69) is 15.3 Å². The summed E-state index contributed by atoms with van der Waals surface area (Å²) < 4.78 is 5.25. The molecule has 0 fully saturated rings. The maximum atomic E-state index is 12.2. The quantitative estimate of drug-likeness (QED) is 0.344. The molecule has 3 rings (SSSR count). The molecule has 0 aliphatic heterocycles. The molecule has 0 unspecified atom stereocenters. The van der Waals surface area contributed by atoms with Crippen LogP contribution in [-0.2, 0) is 14.3 Å². The molecular weight excluding hydrogens is 394 g/mol. The van der Waals surface area contributed by atoms with Crippen molar-refractivity contribution in [3.05, 3.63) is 53.7 Å². The van der Waals surface area contributed by atoms with Gasteiger partial charge in [0.1, 0.15) is 16.2 Å². The molecule has 0 radical (unpaired) electrons. The number of hydrogen-bond donors (Lipinski definition) is 1. The Hall–Kier alpha value is -2.45. The van der Waals surface area contributed by atoms with Gasteiger partial charge in [0.25, 0.3) is 5.91 Å². The maximum Gasteiger partial charge on any atom is 0.317 e. The van der Waals surface area contributed by atoms with E-state index in [0.29, 0.717) is 6.54 Å². The van der Waals surface area contributed by atoms with Crippen molar-refractivity contribution in [2.75, 3.05) is 12.3 Å². The smallest absolute Gasteiger partial charge is 0.317 e. The largest absolute Gasteiger partial charge is 0.452 e. The van der Waals surface area contributed by atoms with Gasteiger partial charge >= 0.3 is 5.97 Å². The van der Waals surface area contributed by atoms with E-state index >= 15 is 0 Å². The normalized spacial score (nSPS) is 13.1. The van der Waals surface area contributed by atoms with Gasteiger partial charge in [-0.15, -0.1) is 11.3 Å². The van der Waals surface area contributed by atoms with E-state index in [1.165, 1.54) is 29.4 Å². The van der Waals surface area contributed by atoms with E-state index in [-0.39, 0.29) is 17.6 Å². The Morgan fingerprint density at radius 1 is 1.18 bits per heavy atom. The van der Waals surface area contributed by atoms with Crippen molar-refractivity contribution in [1.82, 2.24) is 15.3 Å². The summed E-state index contributed by atoms with van der Waals surface area (Å²) in [5.74, 6) is -0.497. The second kappa shape index (κ2) is 9.66. The second-order valence-electron chi connectivity index (χ2n) is 6.30. The van der Waals surface area contributed by atoms with E-state index in [4.69, 9.17) is 4.74 Å². The number of thioether (sulfide) groups is 1. The predicted octanol–water partition coefficient (Wildman–Crippen LogP) is 3.64. The van der Waals surface area contributed by atoms with Crippen molar-refractivity contribution in [3.8, 4) is 0 Å². The lowest BCUT2D eigenvalue weighted by molar-refractivity contribution is -0.152. The Morgan fingerprint density at radius 2 is 1.96 bits per heavy atom. The third kappa shape index (κ3) is 5.30. The average molecular weight is 416 g/mol. The first-order chi connectivity index (χ1) is 13.5. The summed E-state index contributed by atoms with van der Waals surface area (Å²) in [5.41, 5.74) is 1.15. The molecule has 1 amide bonds. The molecule has 0 spiro atoms. The number of rotatable bonds is 8. The molecule has 0 aliphatic rings.